The van der Waals surface area contributed by atoms with Crippen LogP contribution in [0.3, 0.4) is 0 Å². The first-order valence-electron chi connectivity index (χ1n) is 11.1. The quantitative estimate of drug-likeness (QED) is 0.513. The third-order valence-corrected chi connectivity index (χ3v) is 7.42. The fourth-order valence-electron chi connectivity index (χ4n) is 5.88. The number of imide groups is 1. The number of amides is 4. The van der Waals surface area contributed by atoms with Crippen LogP contribution in [0.15, 0.2) is 42.5 Å². The fourth-order valence-corrected chi connectivity index (χ4v) is 5.88. The average molecular weight is 437 g/mol. The van der Waals surface area contributed by atoms with E-state index in [-0.39, 0.29) is 24.5 Å². The lowest BCUT2D eigenvalue weighted by molar-refractivity contribution is -0.202. The number of benzene rings is 1. The Morgan fingerprint density at radius 3 is 2.34 bits per heavy atom. The Kier molecular flexibility index (Phi) is 4.36. The molecule has 1 saturated carbocycles. The predicted octanol–water partition coefficient (Wildman–Crippen LogP) is 1.65. The van der Waals surface area contributed by atoms with Gasteiger partial charge in [-0.3, -0.25) is 14.4 Å². The summed E-state index contributed by atoms with van der Waals surface area (Å²) in [6, 6.07) is 8.13. The molecule has 6 rings (SSSR count). The fraction of sp³-hybridized carbons (Fsp3) is 0.478. The number of nitrogens with zero attached hydrogens (tertiary/aromatic N) is 3. The van der Waals surface area contributed by atoms with Crippen LogP contribution in [-0.2, 0) is 30.7 Å². The predicted molar refractivity (Wildman–Crippen MR) is 108 cm³/mol. The molecule has 9 heteroatoms. The van der Waals surface area contributed by atoms with Crippen molar-refractivity contribution >= 4 is 23.8 Å². The molecule has 0 radical (unpaired) electrons. The van der Waals surface area contributed by atoms with Crippen molar-refractivity contribution < 1.29 is 28.9 Å². The minimum absolute atomic E-state index is 0.0380. The molecule has 5 aliphatic rings. The Morgan fingerprint density at radius 2 is 1.66 bits per heavy atom. The molecule has 3 heterocycles. The summed E-state index contributed by atoms with van der Waals surface area (Å²) < 4.78 is 0. The summed E-state index contributed by atoms with van der Waals surface area (Å²) in [5.74, 6) is -2.43. The van der Waals surface area contributed by atoms with Gasteiger partial charge in [-0.2, -0.15) is 5.06 Å². The van der Waals surface area contributed by atoms with E-state index in [0.717, 1.165) is 12.0 Å². The van der Waals surface area contributed by atoms with Crippen molar-refractivity contribution in [1.82, 2.24) is 15.0 Å². The zero-order chi connectivity index (χ0) is 22.0. The summed E-state index contributed by atoms with van der Waals surface area (Å²) >= 11 is 0. The Morgan fingerprint density at radius 1 is 0.969 bits per heavy atom. The van der Waals surface area contributed by atoms with E-state index >= 15 is 0 Å². The molecule has 0 N–H and O–H groups in total. The van der Waals surface area contributed by atoms with Crippen molar-refractivity contribution in [1.29, 1.82) is 0 Å². The third kappa shape index (κ3) is 2.80. The molecule has 4 bridgehead atoms. The molecule has 6 atom stereocenters. The van der Waals surface area contributed by atoms with Gasteiger partial charge in [0.2, 0.25) is 0 Å². The number of hydrogen-bond donors (Lipinski definition) is 0. The van der Waals surface area contributed by atoms with Gasteiger partial charge in [-0.05, 0) is 36.7 Å². The number of urea groups is 1. The van der Waals surface area contributed by atoms with E-state index < -0.39 is 41.7 Å². The topological polar surface area (TPSA) is 96.5 Å². The van der Waals surface area contributed by atoms with Gasteiger partial charge >= 0.3 is 12.0 Å². The zero-order valence-electron chi connectivity index (χ0n) is 17.3. The van der Waals surface area contributed by atoms with E-state index in [1.807, 2.05) is 42.5 Å². The highest BCUT2D eigenvalue weighted by Crippen LogP contribution is 2.52. The number of carbonyl (C=O) groups is 4. The molecule has 4 amide bonds. The first-order chi connectivity index (χ1) is 15.5. The normalized spacial score (nSPS) is 34.6. The number of allylic oxidation sites excluding steroid dienone is 2. The number of hydrogen-bond acceptors (Lipinski definition) is 6. The number of fused-ring (bicyclic) bond motifs is 7. The first-order valence-corrected chi connectivity index (χ1v) is 11.1. The number of rotatable bonds is 5. The molecule has 4 fully saturated rings. The van der Waals surface area contributed by atoms with Gasteiger partial charge in [0.15, 0.2) is 0 Å². The molecular formula is C23H23N3O6. The average Bonchev–Trinajstić information content (AvgIpc) is 3.54. The second-order valence-electron chi connectivity index (χ2n) is 9.15. The van der Waals surface area contributed by atoms with E-state index in [1.54, 1.807) is 0 Å². The van der Waals surface area contributed by atoms with E-state index in [1.165, 1.54) is 9.96 Å². The molecule has 32 heavy (non-hydrogen) atoms. The minimum Gasteiger partial charge on any atom is -0.328 e. The summed E-state index contributed by atoms with van der Waals surface area (Å²) in [4.78, 5) is 63.9. The van der Waals surface area contributed by atoms with Crippen LogP contribution in [0.4, 0.5) is 4.79 Å². The van der Waals surface area contributed by atoms with Crippen molar-refractivity contribution in [2.24, 2.45) is 23.7 Å². The molecule has 2 aliphatic carbocycles. The maximum atomic E-state index is 12.9. The van der Waals surface area contributed by atoms with Crippen LogP contribution in [0.2, 0.25) is 0 Å². The number of carbonyl (C=O) groups excluding carboxylic acids is 4. The van der Waals surface area contributed by atoms with Crippen LogP contribution < -0.4 is 0 Å². The van der Waals surface area contributed by atoms with Gasteiger partial charge < -0.3 is 9.74 Å². The van der Waals surface area contributed by atoms with Crippen LogP contribution in [-0.4, -0.2) is 57.5 Å². The standard InChI is InChI=1S/C23H23N3O6/c27-20-18-14-6-7-15(10-14)19(18)21(28)26(20)32-22(29)17-9-8-16-11-24(17)23(30)25(16)31-12-13-4-2-1-3-5-13/h1-7,14-19H,8-12H2/t14-,15+,16-,17-,18?,19?/m0/s1. The lowest BCUT2D eigenvalue weighted by atomic mass is 9.85. The SMILES string of the molecule is O=C(ON1C(=O)C2C(C1=O)[C@H]1C=C[C@@H]2C1)[C@@H]1CC[C@H]2CN1C(=O)N2OCc1ccccc1. The molecular weight excluding hydrogens is 414 g/mol. The van der Waals surface area contributed by atoms with Gasteiger partial charge in [0, 0.05) is 6.54 Å². The lowest BCUT2D eigenvalue weighted by Crippen LogP contribution is -2.48. The highest BCUT2D eigenvalue weighted by Gasteiger charge is 2.61. The van der Waals surface area contributed by atoms with Crippen LogP contribution >= 0.6 is 0 Å². The van der Waals surface area contributed by atoms with Crippen molar-refractivity contribution in [3.63, 3.8) is 0 Å². The Labute approximate surface area is 184 Å². The second kappa shape index (κ2) is 7.16. The molecule has 1 aromatic rings. The maximum Gasteiger partial charge on any atom is 0.355 e. The summed E-state index contributed by atoms with van der Waals surface area (Å²) in [5, 5.41) is 1.99. The van der Waals surface area contributed by atoms with Crippen molar-refractivity contribution in [3.8, 4) is 0 Å². The second-order valence-corrected chi connectivity index (χ2v) is 9.15. The third-order valence-electron chi connectivity index (χ3n) is 7.42. The largest absolute Gasteiger partial charge is 0.355 e. The van der Waals surface area contributed by atoms with E-state index in [2.05, 4.69) is 0 Å². The van der Waals surface area contributed by atoms with E-state index in [9.17, 15) is 19.2 Å². The van der Waals surface area contributed by atoms with Gasteiger partial charge in [0.25, 0.3) is 11.8 Å². The Balaban J connectivity index is 1.11. The molecule has 1 aromatic carbocycles. The highest BCUT2D eigenvalue weighted by atomic mass is 16.7. The van der Waals surface area contributed by atoms with E-state index in [4.69, 9.17) is 9.68 Å². The molecule has 3 aliphatic heterocycles. The summed E-state index contributed by atoms with van der Waals surface area (Å²) in [6.07, 6.45) is 5.72. The van der Waals surface area contributed by atoms with E-state index in [0.29, 0.717) is 24.4 Å². The lowest BCUT2D eigenvalue weighted by Gasteiger charge is -2.29. The Hall–Kier alpha value is -3.20. The summed E-state index contributed by atoms with van der Waals surface area (Å²) in [7, 11) is 0. The van der Waals surface area contributed by atoms with Crippen LogP contribution in [0.1, 0.15) is 24.8 Å². The molecule has 2 unspecified atom stereocenters. The van der Waals surface area contributed by atoms with Crippen molar-refractivity contribution in [2.75, 3.05) is 6.54 Å². The minimum atomic E-state index is -0.847. The maximum absolute atomic E-state index is 12.9. The van der Waals surface area contributed by atoms with Crippen LogP contribution in [0, 0.1) is 23.7 Å². The zero-order valence-corrected chi connectivity index (χ0v) is 17.3. The molecule has 0 spiro atoms. The van der Waals surface area contributed by atoms with Crippen molar-refractivity contribution in [3.05, 3.63) is 48.0 Å². The van der Waals surface area contributed by atoms with Gasteiger partial charge in [-0.15, -0.1) is 5.06 Å². The molecule has 0 aromatic heterocycles. The van der Waals surface area contributed by atoms with Crippen molar-refractivity contribution in [2.45, 2.75) is 38.0 Å². The van der Waals surface area contributed by atoms with Gasteiger partial charge in [-0.25, -0.2) is 9.59 Å². The van der Waals surface area contributed by atoms with Gasteiger partial charge in [0.05, 0.1) is 17.9 Å². The summed E-state index contributed by atoms with van der Waals surface area (Å²) in [6.45, 7) is 0.594. The van der Waals surface area contributed by atoms with Gasteiger partial charge in [-0.1, -0.05) is 42.5 Å². The molecule has 9 nitrogen and oxygen atoms in total. The Bertz CT molecular complexity index is 996. The van der Waals surface area contributed by atoms with Crippen LogP contribution in [0.25, 0.3) is 0 Å². The summed E-state index contributed by atoms with van der Waals surface area (Å²) in [5.41, 5.74) is 0.938. The first kappa shape index (κ1) is 19.5. The number of piperidine rings is 1. The van der Waals surface area contributed by atoms with Crippen LogP contribution in [0.5, 0.6) is 0 Å². The highest BCUT2D eigenvalue weighted by molar-refractivity contribution is 6.06. The monoisotopic (exact) mass is 437 g/mol. The van der Waals surface area contributed by atoms with Gasteiger partial charge in [0.1, 0.15) is 12.6 Å². The smallest absolute Gasteiger partial charge is 0.328 e. The number of hydroxylamine groups is 4. The molecule has 3 saturated heterocycles. The molecule has 166 valence electrons.